The maximum atomic E-state index is 5.69. The number of hydrogen-bond donors (Lipinski definition) is 1. The molecule has 0 saturated heterocycles. The lowest BCUT2D eigenvalue weighted by Gasteiger charge is -2.35. The van der Waals surface area contributed by atoms with Crippen molar-refractivity contribution in [3.05, 3.63) is 11.7 Å². The Labute approximate surface area is 102 Å². The van der Waals surface area contributed by atoms with Crippen LogP contribution in [0.5, 0.6) is 0 Å². The van der Waals surface area contributed by atoms with Gasteiger partial charge in [0.2, 0.25) is 11.7 Å². The van der Waals surface area contributed by atoms with Gasteiger partial charge >= 0.3 is 0 Å². The van der Waals surface area contributed by atoms with Crippen molar-refractivity contribution >= 4 is 0 Å². The number of ether oxygens (including phenoxy) is 1. The first-order chi connectivity index (χ1) is 8.20. The fourth-order valence-electron chi connectivity index (χ4n) is 2.41. The van der Waals surface area contributed by atoms with Gasteiger partial charge in [-0.25, -0.2) is 0 Å². The van der Waals surface area contributed by atoms with Crippen LogP contribution in [0.1, 0.15) is 44.3 Å². The molecule has 1 saturated carbocycles. The summed E-state index contributed by atoms with van der Waals surface area (Å²) < 4.78 is 10.9. The fraction of sp³-hybridized carbons (Fsp3) is 0.833. The van der Waals surface area contributed by atoms with Crippen molar-refractivity contribution < 1.29 is 9.26 Å². The second-order valence-corrected chi connectivity index (χ2v) is 4.93. The van der Waals surface area contributed by atoms with Crippen molar-refractivity contribution in [2.45, 2.75) is 44.6 Å². The lowest BCUT2D eigenvalue weighted by Crippen LogP contribution is -2.34. The summed E-state index contributed by atoms with van der Waals surface area (Å²) in [6, 6.07) is 0. The molecule has 5 heteroatoms. The summed E-state index contributed by atoms with van der Waals surface area (Å²) in [5, 5.41) is 4.06. The predicted octanol–water partition coefficient (Wildman–Crippen LogP) is 1.62. The molecule has 17 heavy (non-hydrogen) atoms. The van der Waals surface area contributed by atoms with E-state index in [0.717, 1.165) is 31.6 Å². The minimum atomic E-state index is -0.344. The third-order valence-electron chi connectivity index (χ3n) is 3.71. The molecule has 1 aliphatic carbocycles. The molecular formula is C12H21N3O2. The fourth-order valence-corrected chi connectivity index (χ4v) is 2.41. The molecule has 1 fully saturated rings. The van der Waals surface area contributed by atoms with Crippen LogP contribution >= 0.6 is 0 Å². The second-order valence-electron chi connectivity index (χ2n) is 4.93. The zero-order valence-electron chi connectivity index (χ0n) is 10.6. The second kappa shape index (κ2) is 5.14. The normalized spacial score (nSPS) is 29.5. The van der Waals surface area contributed by atoms with Crippen LogP contribution < -0.4 is 5.73 Å². The van der Waals surface area contributed by atoms with E-state index in [0.29, 0.717) is 24.7 Å². The van der Waals surface area contributed by atoms with Gasteiger partial charge in [-0.3, -0.25) is 0 Å². The maximum Gasteiger partial charge on any atom is 0.228 e. The quantitative estimate of drug-likeness (QED) is 0.864. The van der Waals surface area contributed by atoms with E-state index in [1.54, 1.807) is 7.11 Å². The highest BCUT2D eigenvalue weighted by Crippen LogP contribution is 2.40. The molecule has 0 spiro atoms. The molecule has 0 aliphatic heterocycles. The molecule has 0 aromatic carbocycles. The van der Waals surface area contributed by atoms with E-state index >= 15 is 0 Å². The average molecular weight is 239 g/mol. The SMILES string of the molecule is COC1(c2noc(CCN)n2)CCC(C)CC1. The van der Waals surface area contributed by atoms with Crippen molar-refractivity contribution in [3.63, 3.8) is 0 Å². The van der Waals surface area contributed by atoms with E-state index < -0.39 is 0 Å². The Morgan fingerprint density at radius 2 is 2.18 bits per heavy atom. The van der Waals surface area contributed by atoms with Gasteiger partial charge in [0.1, 0.15) is 5.60 Å². The van der Waals surface area contributed by atoms with Gasteiger partial charge in [0.15, 0.2) is 0 Å². The van der Waals surface area contributed by atoms with Gasteiger partial charge in [0, 0.05) is 20.1 Å². The van der Waals surface area contributed by atoms with Gasteiger partial charge in [0.25, 0.3) is 0 Å². The monoisotopic (exact) mass is 239 g/mol. The van der Waals surface area contributed by atoms with E-state index in [1.165, 1.54) is 0 Å². The number of nitrogens with two attached hydrogens (primary N) is 1. The first-order valence-electron chi connectivity index (χ1n) is 6.28. The van der Waals surface area contributed by atoms with E-state index in [1.807, 2.05) is 0 Å². The molecular weight excluding hydrogens is 218 g/mol. The molecule has 0 bridgehead atoms. The van der Waals surface area contributed by atoms with Crippen molar-refractivity contribution in [1.82, 2.24) is 10.1 Å². The molecule has 2 rings (SSSR count). The Kier molecular flexibility index (Phi) is 3.79. The van der Waals surface area contributed by atoms with Gasteiger partial charge in [0.05, 0.1) is 0 Å². The number of aromatic nitrogens is 2. The number of hydrogen-bond acceptors (Lipinski definition) is 5. The molecule has 0 atom stereocenters. The highest BCUT2D eigenvalue weighted by molar-refractivity contribution is 5.04. The third-order valence-corrected chi connectivity index (χ3v) is 3.71. The molecule has 0 amide bonds. The number of methoxy groups -OCH3 is 1. The van der Waals surface area contributed by atoms with Crippen LogP contribution in [-0.2, 0) is 16.8 Å². The van der Waals surface area contributed by atoms with E-state index in [-0.39, 0.29) is 5.60 Å². The van der Waals surface area contributed by atoms with Crippen molar-refractivity contribution in [2.75, 3.05) is 13.7 Å². The maximum absolute atomic E-state index is 5.69. The van der Waals surface area contributed by atoms with Gasteiger partial charge < -0.3 is 15.0 Å². The van der Waals surface area contributed by atoms with E-state index in [9.17, 15) is 0 Å². The van der Waals surface area contributed by atoms with E-state index in [4.69, 9.17) is 15.0 Å². The van der Waals surface area contributed by atoms with Crippen molar-refractivity contribution in [2.24, 2.45) is 11.7 Å². The third kappa shape index (κ3) is 2.50. The molecule has 96 valence electrons. The highest BCUT2D eigenvalue weighted by Gasteiger charge is 2.40. The lowest BCUT2D eigenvalue weighted by atomic mass is 9.79. The number of rotatable bonds is 4. The van der Waals surface area contributed by atoms with Crippen LogP contribution in [0.4, 0.5) is 0 Å². The molecule has 0 radical (unpaired) electrons. The molecule has 1 heterocycles. The summed E-state index contributed by atoms with van der Waals surface area (Å²) in [6.45, 7) is 2.80. The summed E-state index contributed by atoms with van der Waals surface area (Å²) in [6.07, 6.45) is 4.85. The minimum Gasteiger partial charge on any atom is -0.370 e. The van der Waals surface area contributed by atoms with Gasteiger partial charge in [-0.15, -0.1) is 0 Å². The summed E-state index contributed by atoms with van der Waals surface area (Å²) >= 11 is 0. The molecule has 1 aromatic rings. The van der Waals surface area contributed by atoms with Crippen LogP contribution in [-0.4, -0.2) is 23.8 Å². The standard InChI is InChI=1S/C12H21N3O2/c1-9-3-6-12(16-2,7-4-9)11-14-10(5-8-13)17-15-11/h9H,3-8,13H2,1-2H3. The summed E-state index contributed by atoms with van der Waals surface area (Å²) in [7, 11) is 1.73. The van der Waals surface area contributed by atoms with Gasteiger partial charge in [-0.1, -0.05) is 12.1 Å². The van der Waals surface area contributed by atoms with Crippen LogP contribution in [0.25, 0.3) is 0 Å². The summed E-state index contributed by atoms with van der Waals surface area (Å²) in [5.74, 6) is 2.06. The molecule has 2 N–H and O–H groups in total. The Bertz CT molecular complexity index is 356. The molecule has 1 aromatic heterocycles. The summed E-state index contributed by atoms with van der Waals surface area (Å²) in [5.41, 5.74) is 5.13. The van der Waals surface area contributed by atoms with E-state index in [2.05, 4.69) is 17.1 Å². The minimum absolute atomic E-state index is 0.344. The average Bonchev–Trinajstić information content (AvgIpc) is 2.80. The Hall–Kier alpha value is -0.940. The Morgan fingerprint density at radius 3 is 2.76 bits per heavy atom. The topological polar surface area (TPSA) is 74.2 Å². The molecule has 5 nitrogen and oxygen atoms in total. The zero-order chi connectivity index (χ0) is 12.3. The first-order valence-corrected chi connectivity index (χ1v) is 6.28. The predicted molar refractivity (Wildman–Crippen MR) is 63.4 cm³/mol. The van der Waals surface area contributed by atoms with Crippen molar-refractivity contribution in [1.29, 1.82) is 0 Å². The Balaban J connectivity index is 2.16. The van der Waals surface area contributed by atoms with Crippen LogP contribution in [0.2, 0.25) is 0 Å². The zero-order valence-corrected chi connectivity index (χ0v) is 10.6. The highest BCUT2D eigenvalue weighted by atomic mass is 16.5. The van der Waals surface area contributed by atoms with Crippen LogP contribution in [0, 0.1) is 5.92 Å². The van der Waals surface area contributed by atoms with Crippen molar-refractivity contribution in [3.8, 4) is 0 Å². The molecule has 1 aliphatic rings. The first kappa shape index (κ1) is 12.5. The van der Waals surface area contributed by atoms with Gasteiger partial charge in [-0.2, -0.15) is 4.98 Å². The number of nitrogens with zero attached hydrogens (tertiary/aromatic N) is 2. The summed E-state index contributed by atoms with van der Waals surface area (Å²) in [4.78, 5) is 4.41. The largest absolute Gasteiger partial charge is 0.370 e. The van der Waals surface area contributed by atoms with Crippen LogP contribution in [0.15, 0.2) is 4.52 Å². The van der Waals surface area contributed by atoms with Crippen LogP contribution in [0.3, 0.4) is 0 Å². The smallest absolute Gasteiger partial charge is 0.228 e. The Morgan fingerprint density at radius 1 is 1.47 bits per heavy atom. The lowest BCUT2D eigenvalue weighted by molar-refractivity contribution is -0.0609. The molecule has 0 unspecified atom stereocenters. The van der Waals surface area contributed by atoms with Gasteiger partial charge in [-0.05, 0) is 31.6 Å².